The van der Waals surface area contributed by atoms with Gasteiger partial charge in [-0.05, 0) is 18.4 Å². The van der Waals surface area contributed by atoms with Crippen LogP contribution in [0.15, 0.2) is 41.7 Å². The van der Waals surface area contributed by atoms with Gasteiger partial charge in [0.2, 0.25) is 0 Å². The van der Waals surface area contributed by atoms with Crippen molar-refractivity contribution in [2.75, 3.05) is 20.2 Å². The Morgan fingerprint density at radius 3 is 2.75 bits per heavy atom. The monoisotopic (exact) mass is 330 g/mol. The standard InChI is InChI=1S/C17H26N6O/c1-18-17(20-12-16-21-14-22-23(16)2)19-10-6-7-11-24-13-15-8-4-3-5-9-15/h3-5,8-9,14H,6-7,10-13H2,1-2H3,(H2,18,19,20). The van der Waals surface area contributed by atoms with Crippen molar-refractivity contribution < 1.29 is 4.74 Å². The number of aliphatic imine (C=N–C) groups is 1. The van der Waals surface area contributed by atoms with E-state index in [1.54, 1.807) is 18.1 Å². The van der Waals surface area contributed by atoms with Gasteiger partial charge in [0, 0.05) is 27.2 Å². The molecule has 2 N–H and O–H groups in total. The Kier molecular flexibility index (Phi) is 7.76. The van der Waals surface area contributed by atoms with Gasteiger partial charge in [-0.2, -0.15) is 5.10 Å². The molecule has 0 radical (unpaired) electrons. The molecule has 0 spiro atoms. The van der Waals surface area contributed by atoms with Gasteiger partial charge in [0.25, 0.3) is 0 Å². The molecule has 7 heteroatoms. The third-order valence-electron chi connectivity index (χ3n) is 3.56. The Bertz CT molecular complexity index is 611. The largest absolute Gasteiger partial charge is 0.377 e. The van der Waals surface area contributed by atoms with Gasteiger partial charge >= 0.3 is 0 Å². The second-order valence-corrected chi connectivity index (χ2v) is 5.40. The summed E-state index contributed by atoms with van der Waals surface area (Å²) in [4.78, 5) is 8.36. The maximum atomic E-state index is 5.67. The topological polar surface area (TPSA) is 76.4 Å². The van der Waals surface area contributed by atoms with Gasteiger partial charge in [-0.1, -0.05) is 30.3 Å². The number of rotatable bonds is 9. The van der Waals surface area contributed by atoms with E-state index in [0.717, 1.165) is 37.8 Å². The Balaban J connectivity index is 1.52. The van der Waals surface area contributed by atoms with Crippen molar-refractivity contribution in [3.8, 4) is 0 Å². The number of unbranched alkanes of at least 4 members (excludes halogenated alkanes) is 1. The molecule has 0 saturated carbocycles. The van der Waals surface area contributed by atoms with Crippen molar-refractivity contribution in [2.24, 2.45) is 12.0 Å². The van der Waals surface area contributed by atoms with Crippen LogP contribution >= 0.6 is 0 Å². The van der Waals surface area contributed by atoms with Crippen LogP contribution in [0.25, 0.3) is 0 Å². The first kappa shape index (κ1) is 17.9. The fourth-order valence-electron chi connectivity index (χ4n) is 2.16. The number of aryl methyl sites for hydroxylation is 1. The second kappa shape index (κ2) is 10.4. The fraction of sp³-hybridized carbons (Fsp3) is 0.471. The van der Waals surface area contributed by atoms with Gasteiger partial charge in [0.15, 0.2) is 5.96 Å². The molecule has 1 aromatic heterocycles. The zero-order valence-electron chi connectivity index (χ0n) is 14.4. The number of nitrogens with zero attached hydrogens (tertiary/aromatic N) is 4. The molecule has 2 aromatic rings. The van der Waals surface area contributed by atoms with Gasteiger partial charge in [-0.3, -0.25) is 9.67 Å². The summed E-state index contributed by atoms with van der Waals surface area (Å²) in [7, 11) is 3.63. The number of hydrogen-bond acceptors (Lipinski definition) is 4. The summed E-state index contributed by atoms with van der Waals surface area (Å²) >= 11 is 0. The van der Waals surface area contributed by atoms with Crippen molar-refractivity contribution in [2.45, 2.75) is 26.0 Å². The van der Waals surface area contributed by atoms with E-state index in [9.17, 15) is 0 Å². The molecule has 0 unspecified atom stereocenters. The number of benzene rings is 1. The smallest absolute Gasteiger partial charge is 0.191 e. The summed E-state index contributed by atoms with van der Waals surface area (Å²) in [5.41, 5.74) is 1.21. The minimum atomic E-state index is 0.594. The van der Waals surface area contributed by atoms with E-state index < -0.39 is 0 Å². The predicted molar refractivity (Wildman–Crippen MR) is 94.5 cm³/mol. The minimum Gasteiger partial charge on any atom is -0.377 e. The highest BCUT2D eigenvalue weighted by molar-refractivity contribution is 5.79. The lowest BCUT2D eigenvalue weighted by atomic mass is 10.2. The van der Waals surface area contributed by atoms with Crippen molar-refractivity contribution in [3.05, 3.63) is 48.0 Å². The normalized spacial score (nSPS) is 11.5. The SMILES string of the molecule is CN=C(NCCCCOCc1ccccc1)NCc1ncnn1C. The Hall–Kier alpha value is -2.41. The van der Waals surface area contributed by atoms with Crippen LogP contribution in [0, 0.1) is 0 Å². The minimum absolute atomic E-state index is 0.594. The van der Waals surface area contributed by atoms with E-state index in [1.807, 2.05) is 25.2 Å². The molecule has 130 valence electrons. The van der Waals surface area contributed by atoms with Gasteiger partial charge < -0.3 is 15.4 Å². The van der Waals surface area contributed by atoms with Crippen molar-refractivity contribution in [1.29, 1.82) is 0 Å². The van der Waals surface area contributed by atoms with E-state index in [4.69, 9.17) is 4.74 Å². The lowest BCUT2D eigenvalue weighted by molar-refractivity contribution is 0.117. The first-order valence-corrected chi connectivity index (χ1v) is 8.18. The number of aromatic nitrogens is 3. The summed E-state index contributed by atoms with van der Waals surface area (Å²) in [6.07, 6.45) is 3.59. The maximum absolute atomic E-state index is 5.67. The van der Waals surface area contributed by atoms with E-state index in [1.165, 1.54) is 5.56 Å². The Morgan fingerprint density at radius 2 is 2.04 bits per heavy atom. The Labute approximate surface area is 143 Å². The van der Waals surface area contributed by atoms with Crippen LogP contribution < -0.4 is 10.6 Å². The van der Waals surface area contributed by atoms with Crippen LogP contribution in [0.1, 0.15) is 24.2 Å². The first-order valence-electron chi connectivity index (χ1n) is 8.18. The number of ether oxygens (including phenoxy) is 1. The number of hydrogen-bond donors (Lipinski definition) is 2. The highest BCUT2D eigenvalue weighted by Gasteiger charge is 2.02. The zero-order valence-corrected chi connectivity index (χ0v) is 14.4. The molecular weight excluding hydrogens is 304 g/mol. The average Bonchev–Trinajstić information content (AvgIpc) is 3.02. The predicted octanol–water partition coefficient (Wildman–Crippen LogP) is 1.48. The van der Waals surface area contributed by atoms with Crippen LogP contribution in [-0.2, 0) is 24.9 Å². The van der Waals surface area contributed by atoms with Crippen molar-refractivity contribution >= 4 is 5.96 Å². The third kappa shape index (κ3) is 6.37. The molecule has 2 rings (SSSR count). The molecule has 0 bridgehead atoms. The maximum Gasteiger partial charge on any atom is 0.191 e. The van der Waals surface area contributed by atoms with Crippen LogP contribution in [-0.4, -0.2) is 40.9 Å². The van der Waals surface area contributed by atoms with Crippen molar-refractivity contribution in [3.63, 3.8) is 0 Å². The third-order valence-corrected chi connectivity index (χ3v) is 3.56. The molecule has 1 aromatic carbocycles. The summed E-state index contributed by atoms with van der Waals surface area (Å²) in [6, 6.07) is 10.2. The van der Waals surface area contributed by atoms with E-state index in [-0.39, 0.29) is 0 Å². The Morgan fingerprint density at radius 1 is 1.21 bits per heavy atom. The summed E-state index contributed by atoms with van der Waals surface area (Å²) in [5, 5.41) is 10.5. The quantitative estimate of drug-likeness (QED) is 0.414. The molecule has 0 saturated heterocycles. The highest BCUT2D eigenvalue weighted by atomic mass is 16.5. The summed E-state index contributed by atoms with van der Waals surface area (Å²) < 4.78 is 7.41. The lowest BCUT2D eigenvalue weighted by Gasteiger charge is -2.11. The fourth-order valence-corrected chi connectivity index (χ4v) is 2.16. The molecule has 0 aliphatic carbocycles. The first-order chi connectivity index (χ1) is 11.8. The van der Waals surface area contributed by atoms with Gasteiger partial charge in [-0.25, -0.2) is 4.98 Å². The van der Waals surface area contributed by atoms with Crippen LogP contribution in [0.3, 0.4) is 0 Å². The molecule has 0 atom stereocenters. The molecule has 0 fully saturated rings. The molecule has 0 aliphatic heterocycles. The number of guanidine groups is 1. The number of nitrogens with one attached hydrogen (secondary N) is 2. The van der Waals surface area contributed by atoms with Gasteiger partial charge in [-0.15, -0.1) is 0 Å². The van der Waals surface area contributed by atoms with Gasteiger partial charge in [0.05, 0.1) is 13.2 Å². The molecule has 1 heterocycles. The summed E-state index contributed by atoms with van der Waals surface area (Å²) in [6.45, 7) is 2.89. The molecule has 0 aliphatic rings. The average molecular weight is 330 g/mol. The van der Waals surface area contributed by atoms with E-state index in [2.05, 4.69) is 37.8 Å². The van der Waals surface area contributed by atoms with Crippen LogP contribution in [0.2, 0.25) is 0 Å². The molecular formula is C17H26N6O. The van der Waals surface area contributed by atoms with Crippen LogP contribution in [0.5, 0.6) is 0 Å². The molecule has 24 heavy (non-hydrogen) atoms. The zero-order chi connectivity index (χ0) is 17.0. The van der Waals surface area contributed by atoms with Crippen molar-refractivity contribution in [1.82, 2.24) is 25.4 Å². The van der Waals surface area contributed by atoms with E-state index >= 15 is 0 Å². The summed E-state index contributed by atoms with van der Waals surface area (Å²) in [5.74, 6) is 1.63. The van der Waals surface area contributed by atoms with Crippen LogP contribution in [0.4, 0.5) is 0 Å². The second-order valence-electron chi connectivity index (χ2n) is 5.40. The highest BCUT2D eigenvalue weighted by Crippen LogP contribution is 2.01. The van der Waals surface area contributed by atoms with Gasteiger partial charge in [0.1, 0.15) is 12.2 Å². The molecule has 7 nitrogen and oxygen atoms in total. The lowest BCUT2D eigenvalue weighted by Crippen LogP contribution is -2.37. The molecule has 0 amide bonds. The van der Waals surface area contributed by atoms with E-state index in [0.29, 0.717) is 13.2 Å².